The first-order valence-corrected chi connectivity index (χ1v) is 27.5. The molecule has 12 aromatic carbocycles. The van der Waals surface area contributed by atoms with Crippen molar-refractivity contribution in [2.75, 3.05) is 0 Å². The molecule has 7 heteroatoms. The molecule has 19 aromatic rings. The highest BCUT2D eigenvalue weighted by atomic mass is 14.8. The average Bonchev–Trinajstić information content (AvgIpc) is 4.56. The number of aromatic nitrogens is 7. The van der Waals surface area contributed by atoms with Crippen molar-refractivity contribution in [3.05, 3.63) is 254 Å². The summed E-state index contributed by atoms with van der Waals surface area (Å²) >= 11 is 0. The molecule has 0 aliphatic heterocycles. The normalized spacial score (nSPS) is 12.2. The van der Waals surface area contributed by atoms with Crippen LogP contribution in [0.2, 0.25) is 0 Å². The Hall–Kier alpha value is -10.8. The number of nitrogens with one attached hydrogen (secondary N) is 7. The number of para-hydroxylation sites is 7. The number of rotatable bonds is 0. The van der Waals surface area contributed by atoms with Gasteiger partial charge in [-0.15, -0.1) is 0 Å². The lowest BCUT2D eigenvalue weighted by atomic mass is 10.0. The number of fused-ring (bicyclic) bond motifs is 27. The molecule has 0 amide bonds. The number of benzene rings is 12. The maximum absolute atomic E-state index is 3.58. The van der Waals surface area contributed by atoms with Gasteiger partial charge in [0.2, 0.25) is 0 Å². The van der Waals surface area contributed by atoms with Gasteiger partial charge < -0.3 is 34.9 Å². The first kappa shape index (κ1) is 44.4. The van der Waals surface area contributed by atoms with E-state index in [-0.39, 0.29) is 0 Å². The molecule has 1 aliphatic rings. The van der Waals surface area contributed by atoms with Crippen LogP contribution in [-0.2, 0) is 6.42 Å². The fourth-order valence-corrected chi connectivity index (χ4v) is 13.3. The number of hydrogen-bond donors (Lipinski definition) is 7. The lowest BCUT2D eigenvalue weighted by Crippen LogP contribution is -1.80. The number of hydrogen-bond acceptors (Lipinski definition) is 0. The largest absolute Gasteiger partial charge is 0.354 e. The summed E-state index contributed by atoms with van der Waals surface area (Å²) in [5, 5.41) is 18.1. The van der Waals surface area contributed by atoms with Crippen LogP contribution >= 0.6 is 0 Å². The van der Waals surface area contributed by atoms with Crippen LogP contribution in [0.5, 0.6) is 0 Å². The van der Waals surface area contributed by atoms with Crippen molar-refractivity contribution in [3.8, 4) is 11.1 Å². The Kier molecular flexibility index (Phi) is 9.64. The van der Waals surface area contributed by atoms with Crippen LogP contribution in [0.4, 0.5) is 0 Å². The molecule has 376 valence electrons. The smallest absolute Gasteiger partial charge is 0.0710 e. The maximum Gasteiger partial charge on any atom is 0.0710 e. The first-order valence-electron chi connectivity index (χ1n) is 27.5. The Morgan fingerprint density at radius 1 is 0.188 bits per heavy atom. The van der Waals surface area contributed by atoms with E-state index in [2.05, 4.69) is 278 Å². The third kappa shape index (κ3) is 6.80. The van der Waals surface area contributed by atoms with Crippen LogP contribution in [0, 0.1) is 0 Å². The summed E-state index contributed by atoms with van der Waals surface area (Å²) in [5.74, 6) is 0. The number of H-pyrrole nitrogens is 7. The Morgan fingerprint density at radius 3 is 1.04 bits per heavy atom. The van der Waals surface area contributed by atoms with Crippen LogP contribution in [0.3, 0.4) is 0 Å². The second-order valence-corrected chi connectivity index (χ2v) is 21.3. The lowest BCUT2D eigenvalue weighted by Gasteiger charge is -2.01. The fraction of sp³-hybridized carbons (Fsp3) is 0.0137. The highest BCUT2D eigenvalue weighted by Gasteiger charge is 2.20. The zero-order valence-corrected chi connectivity index (χ0v) is 43.3. The van der Waals surface area contributed by atoms with Crippen molar-refractivity contribution in [2.45, 2.75) is 6.42 Å². The van der Waals surface area contributed by atoms with Crippen LogP contribution in [0.15, 0.2) is 243 Å². The van der Waals surface area contributed by atoms with Gasteiger partial charge in [-0.25, -0.2) is 0 Å². The van der Waals surface area contributed by atoms with Gasteiger partial charge in [-0.05, 0) is 101 Å². The number of aromatic amines is 7. The van der Waals surface area contributed by atoms with Crippen molar-refractivity contribution in [2.24, 2.45) is 0 Å². The second kappa shape index (κ2) is 17.4. The molecule has 0 saturated heterocycles. The molecule has 0 saturated carbocycles. The van der Waals surface area contributed by atoms with E-state index in [0.717, 1.165) is 6.42 Å². The van der Waals surface area contributed by atoms with E-state index in [1.807, 2.05) is 0 Å². The molecule has 20 rings (SSSR count). The second-order valence-electron chi connectivity index (χ2n) is 21.3. The molecule has 7 heterocycles. The van der Waals surface area contributed by atoms with E-state index < -0.39 is 0 Å². The third-order valence-electron chi connectivity index (χ3n) is 16.9. The quantitative estimate of drug-likeness (QED) is 0.0785. The Balaban J connectivity index is 0.0000000853. The van der Waals surface area contributed by atoms with Crippen LogP contribution in [0.1, 0.15) is 11.1 Å². The van der Waals surface area contributed by atoms with Crippen molar-refractivity contribution >= 4 is 153 Å². The van der Waals surface area contributed by atoms with Crippen molar-refractivity contribution in [1.82, 2.24) is 34.9 Å². The molecule has 0 radical (unpaired) electrons. The summed E-state index contributed by atoms with van der Waals surface area (Å²) in [5.41, 5.74) is 22.5. The van der Waals surface area contributed by atoms with Gasteiger partial charge >= 0.3 is 0 Å². The molecule has 0 unspecified atom stereocenters. The monoisotopic (exact) mass is 1020 g/mol. The molecular formula is C73H49N7. The molecular weight excluding hydrogens is 975 g/mol. The van der Waals surface area contributed by atoms with Gasteiger partial charge in [0.15, 0.2) is 0 Å². The Labute approximate surface area is 456 Å². The predicted molar refractivity (Wildman–Crippen MR) is 340 cm³/mol. The lowest BCUT2D eigenvalue weighted by molar-refractivity contribution is 1.27. The molecule has 80 heavy (non-hydrogen) atoms. The summed E-state index contributed by atoms with van der Waals surface area (Å²) in [6.07, 6.45) is 1.06. The summed E-state index contributed by atoms with van der Waals surface area (Å²) in [4.78, 5) is 24.7. The van der Waals surface area contributed by atoms with Crippen LogP contribution in [0.25, 0.3) is 164 Å². The zero-order valence-electron chi connectivity index (χ0n) is 43.3. The van der Waals surface area contributed by atoms with E-state index >= 15 is 0 Å². The van der Waals surface area contributed by atoms with E-state index in [1.165, 1.54) is 175 Å². The van der Waals surface area contributed by atoms with Gasteiger partial charge in [-0.3, -0.25) is 0 Å². The highest BCUT2D eigenvalue weighted by Crippen LogP contribution is 2.42. The van der Waals surface area contributed by atoms with Crippen LogP contribution in [-0.4, -0.2) is 34.9 Å². The molecule has 7 nitrogen and oxygen atoms in total. The molecule has 0 fully saturated rings. The van der Waals surface area contributed by atoms with E-state index in [0.29, 0.717) is 0 Å². The third-order valence-corrected chi connectivity index (χ3v) is 16.9. The summed E-state index contributed by atoms with van der Waals surface area (Å²) < 4.78 is 0. The van der Waals surface area contributed by atoms with E-state index in [9.17, 15) is 0 Å². The van der Waals surface area contributed by atoms with E-state index in [4.69, 9.17) is 0 Å². The molecule has 0 atom stereocenters. The maximum atomic E-state index is 3.58. The average molecular weight is 1020 g/mol. The minimum atomic E-state index is 1.06. The molecule has 0 spiro atoms. The minimum absolute atomic E-state index is 1.06. The first-order chi connectivity index (χ1) is 39.6. The summed E-state index contributed by atoms with van der Waals surface area (Å²) in [6, 6.07) is 85.9. The van der Waals surface area contributed by atoms with Gasteiger partial charge in [0.25, 0.3) is 0 Å². The van der Waals surface area contributed by atoms with E-state index in [1.54, 1.807) is 0 Å². The van der Waals surface area contributed by atoms with Gasteiger partial charge in [0.1, 0.15) is 0 Å². The molecule has 7 aromatic heterocycles. The molecule has 7 N–H and O–H groups in total. The van der Waals surface area contributed by atoms with Gasteiger partial charge in [0, 0.05) is 136 Å². The van der Waals surface area contributed by atoms with Crippen molar-refractivity contribution in [3.63, 3.8) is 0 Å². The molecule has 0 bridgehead atoms. The zero-order chi connectivity index (χ0) is 52.4. The predicted octanol–water partition coefficient (Wildman–Crippen LogP) is 19.8. The standard InChI is InChI=1S/C19H13N.3C18H12N2/c1-2-6-14-12(5-1)9-13-10-17-15-7-3-4-8-18(15)20-19(17)11-16(13)14;1-3-7-14-11(5-1)12-9-10-16-17(18(12)20-14)13-6-2-4-8-15(13)19-16;1-3-7-15-11(5-1)13-9-10-14-12-6-2-4-8-16(12)20-18(14)17(13)19-15;1-3-7-13-11(5-1)17-15(19-13)9-10-16-18(17)12-6-2-4-8-14(12)20-16/h1-8,10-11,20H,9H2;3*1-10,19-20H. The Bertz CT molecular complexity index is 5470. The van der Waals surface area contributed by atoms with Gasteiger partial charge in [-0.2, -0.15) is 0 Å². The SMILES string of the molecule is c1ccc2c(c1)Cc1cc3c(cc1-2)[nH]c1ccccc13.c1ccc2c(c1)[nH]c1c2ccc2[nH]c3ccccc3c21.c1ccc2c(c1)[nH]c1c2ccc2c3ccccc3[nH]c21.c1ccc2c(c1)[nH]c1ccc3[nH]c4ccccc4c3c12. The highest BCUT2D eigenvalue weighted by molar-refractivity contribution is 6.28. The van der Waals surface area contributed by atoms with Crippen molar-refractivity contribution in [1.29, 1.82) is 0 Å². The topological polar surface area (TPSA) is 111 Å². The fourth-order valence-electron chi connectivity index (χ4n) is 13.3. The minimum Gasteiger partial charge on any atom is -0.354 e. The summed E-state index contributed by atoms with van der Waals surface area (Å²) in [6.45, 7) is 0. The summed E-state index contributed by atoms with van der Waals surface area (Å²) in [7, 11) is 0. The van der Waals surface area contributed by atoms with Crippen LogP contribution < -0.4 is 0 Å². The molecule has 1 aliphatic carbocycles. The van der Waals surface area contributed by atoms with Gasteiger partial charge in [-0.1, -0.05) is 170 Å². The van der Waals surface area contributed by atoms with Gasteiger partial charge in [0.05, 0.1) is 16.6 Å². The Morgan fingerprint density at radius 2 is 0.525 bits per heavy atom. The van der Waals surface area contributed by atoms with Crippen molar-refractivity contribution < 1.29 is 0 Å².